The molecule has 1 aliphatic heterocycles. The first-order valence-corrected chi connectivity index (χ1v) is 11.3. The summed E-state index contributed by atoms with van der Waals surface area (Å²) >= 11 is 0. The van der Waals surface area contributed by atoms with E-state index < -0.39 is 0 Å². The molecule has 6 nitrogen and oxygen atoms in total. The molecule has 4 rings (SSSR count). The molecule has 3 aromatic carbocycles. The van der Waals surface area contributed by atoms with Crippen LogP contribution in [-0.4, -0.2) is 31.1 Å². The van der Waals surface area contributed by atoms with Crippen LogP contribution < -0.4 is 19.5 Å². The third-order valence-corrected chi connectivity index (χ3v) is 5.66. The monoisotopic (exact) mass is 446 g/mol. The van der Waals surface area contributed by atoms with Gasteiger partial charge < -0.3 is 19.3 Å². The molecule has 0 aromatic heterocycles. The zero-order valence-corrected chi connectivity index (χ0v) is 19.2. The van der Waals surface area contributed by atoms with E-state index in [2.05, 4.69) is 5.32 Å². The summed E-state index contributed by atoms with van der Waals surface area (Å²) in [6.07, 6.45) is 0.327. The van der Waals surface area contributed by atoms with E-state index >= 15 is 0 Å². The zero-order valence-electron chi connectivity index (χ0n) is 19.2. The second kappa shape index (κ2) is 10.4. The van der Waals surface area contributed by atoms with Crippen molar-refractivity contribution in [1.82, 2.24) is 5.32 Å². The van der Waals surface area contributed by atoms with Gasteiger partial charge in [-0.15, -0.1) is 0 Å². The number of rotatable bonds is 8. The van der Waals surface area contributed by atoms with E-state index in [1.54, 1.807) is 13.2 Å². The molecule has 0 spiro atoms. The van der Waals surface area contributed by atoms with E-state index in [9.17, 15) is 5.11 Å². The van der Waals surface area contributed by atoms with Crippen LogP contribution in [0.5, 0.6) is 23.0 Å². The number of phenols is 1. The van der Waals surface area contributed by atoms with Crippen LogP contribution in [0.3, 0.4) is 0 Å². The minimum atomic E-state index is -0.296. The molecule has 0 saturated heterocycles. The van der Waals surface area contributed by atoms with Gasteiger partial charge in [-0.05, 0) is 67.4 Å². The number of nitrogens with one attached hydrogen (secondary N) is 1. The first kappa shape index (κ1) is 22.7. The number of hydrogen-bond acceptors (Lipinski definition) is 6. The molecule has 0 bridgehead atoms. The summed E-state index contributed by atoms with van der Waals surface area (Å²) in [5, 5.41) is 14.5. The minimum absolute atomic E-state index is 0.152. The Balaban J connectivity index is 1.73. The molecule has 6 heteroatoms. The molecule has 0 saturated carbocycles. The molecule has 0 unspecified atom stereocenters. The van der Waals surface area contributed by atoms with Crippen LogP contribution in [0.4, 0.5) is 0 Å². The van der Waals surface area contributed by atoms with Crippen LogP contribution in [0, 0.1) is 0 Å². The average molecular weight is 447 g/mol. The summed E-state index contributed by atoms with van der Waals surface area (Å²) < 4.78 is 16.6. The Bertz CT molecular complexity index is 1110. The number of aliphatic imine (C=N–C) groups is 1. The molecule has 1 heterocycles. The Morgan fingerprint density at radius 2 is 1.70 bits per heavy atom. The van der Waals surface area contributed by atoms with Gasteiger partial charge in [-0.3, -0.25) is 10.3 Å². The molecule has 3 aromatic rings. The second-order valence-electron chi connectivity index (χ2n) is 7.76. The van der Waals surface area contributed by atoms with Crippen LogP contribution in [0.2, 0.25) is 0 Å². The molecule has 0 fully saturated rings. The number of phenolic OH excluding ortho intramolecular Hbond substituents is 1. The third kappa shape index (κ3) is 5.12. The Hall–Kier alpha value is -3.51. The highest BCUT2D eigenvalue weighted by molar-refractivity contribution is 6.01. The fourth-order valence-electron chi connectivity index (χ4n) is 4.07. The van der Waals surface area contributed by atoms with Crippen molar-refractivity contribution < 1.29 is 19.3 Å². The second-order valence-corrected chi connectivity index (χ2v) is 7.76. The van der Waals surface area contributed by atoms with Gasteiger partial charge in [0.25, 0.3) is 0 Å². The van der Waals surface area contributed by atoms with Crippen molar-refractivity contribution in [2.45, 2.75) is 32.5 Å². The predicted octanol–water partition coefficient (Wildman–Crippen LogP) is 5.42. The molecule has 2 atom stereocenters. The first-order chi connectivity index (χ1) is 16.1. The van der Waals surface area contributed by atoms with Crippen molar-refractivity contribution in [3.63, 3.8) is 0 Å². The number of hydrogen-bond donors (Lipinski definition) is 2. The Labute approximate surface area is 194 Å². The zero-order chi connectivity index (χ0) is 23.2. The lowest BCUT2D eigenvalue weighted by Crippen LogP contribution is -2.33. The van der Waals surface area contributed by atoms with Crippen LogP contribution in [0.1, 0.15) is 49.2 Å². The van der Waals surface area contributed by atoms with E-state index in [0.717, 1.165) is 33.9 Å². The molecule has 172 valence electrons. The van der Waals surface area contributed by atoms with Crippen molar-refractivity contribution in [2.75, 3.05) is 20.3 Å². The average Bonchev–Trinajstić information content (AvgIpc) is 2.86. The highest BCUT2D eigenvalue weighted by atomic mass is 16.5. The van der Waals surface area contributed by atoms with Gasteiger partial charge in [-0.25, -0.2) is 0 Å². The lowest BCUT2D eigenvalue weighted by molar-refractivity contribution is 0.313. The Morgan fingerprint density at radius 1 is 0.939 bits per heavy atom. The molecule has 0 aliphatic carbocycles. The van der Waals surface area contributed by atoms with Crippen molar-refractivity contribution in [3.8, 4) is 23.0 Å². The van der Waals surface area contributed by atoms with Gasteiger partial charge in [0.05, 0.1) is 20.3 Å². The summed E-state index contributed by atoms with van der Waals surface area (Å²) in [7, 11) is 1.65. The Morgan fingerprint density at radius 3 is 2.42 bits per heavy atom. The topological polar surface area (TPSA) is 72.3 Å². The standard InChI is InChI=1S/C27H30N2O4/c1-4-32-20-14-12-18(13-15-20)23-17-24(22-10-7-11-25(26(22)30)33-5-2)29-27(28-23)19-8-6-9-21(16-19)31-3/h6-16,24,27,29-30H,4-5,17H2,1-3H3/t24-,27+/m1/s1. The fourth-order valence-corrected chi connectivity index (χ4v) is 4.07. The summed E-state index contributed by atoms with van der Waals surface area (Å²) in [5.41, 5.74) is 3.75. The molecular formula is C27H30N2O4. The minimum Gasteiger partial charge on any atom is -0.504 e. The lowest BCUT2D eigenvalue weighted by atomic mass is 9.93. The molecule has 0 radical (unpaired) electrons. The fraction of sp³-hybridized carbons (Fsp3) is 0.296. The Kier molecular flexibility index (Phi) is 7.15. The van der Waals surface area contributed by atoms with Crippen molar-refractivity contribution in [1.29, 1.82) is 0 Å². The first-order valence-electron chi connectivity index (χ1n) is 11.3. The van der Waals surface area contributed by atoms with Gasteiger partial charge in [-0.1, -0.05) is 24.3 Å². The van der Waals surface area contributed by atoms with Gasteiger partial charge in [-0.2, -0.15) is 0 Å². The van der Waals surface area contributed by atoms with Gasteiger partial charge >= 0.3 is 0 Å². The molecule has 2 N–H and O–H groups in total. The highest BCUT2D eigenvalue weighted by Gasteiger charge is 2.28. The van der Waals surface area contributed by atoms with E-state index in [4.69, 9.17) is 19.2 Å². The third-order valence-electron chi connectivity index (χ3n) is 5.66. The van der Waals surface area contributed by atoms with E-state index in [1.807, 2.05) is 74.5 Å². The van der Waals surface area contributed by atoms with Gasteiger partial charge in [0.2, 0.25) is 0 Å². The largest absolute Gasteiger partial charge is 0.504 e. The van der Waals surface area contributed by atoms with E-state index in [1.165, 1.54) is 0 Å². The van der Waals surface area contributed by atoms with Crippen LogP contribution in [-0.2, 0) is 0 Å². The van der Waals surface area contributed by atoms with Crippen LogP contribution in [0.25, 0.3) is 0 Å². The summed E-state index contributed by atoms with van der Waals surface area (Å²) in [6.45, 7) is 4.98. The molecule has 0 amide bonds. The number of ether oxygens (including phenoxy) is 3. The van der Waals surface area contributed by atoms with E-state index in [0.29, 0.717) is 25.4 Å². The van der Waals surface area contributed by atoms with Crippen molar-refractivity contribution in [2.24, 2.45) is 4.99 Å². The van der Waals surface area contributed by atoms with E-state index in [-0.39, 0.29) is 18.0 Å². The number of benzene rings is 3. The van der Waals surface area contributed by atoms with Gasteiger partial charge in [0, 0.05) is 23.7 Å². The van der Waals surface area contributed by atoms with Crippen molar-refractivity contribution in [3.05, 3.63) is 83.4 Å². The normalized spacial score (nSPS) is 17.8. The van der Waals surface area contributed by atoms with Gasteiger partial charge in [0.1, 0.15) is 17.7 Å². The number of methoxy groups -OCH3 is 1. The molecule has 33 heavy (non-hydrogen) atoms. The van der Waals surface area contributed by atoms with Crippen molar-refractivity contribution >= 4 is 5.71 Å². The lowest BCUT2D eigenvalue weighted by Gasteiger charge is -2.31. The van der Waals surface area contributed by atoms with Crippen LogP contribution >= 0.6 is 0 Å². The maximum Gasteiger partial charge on any atom is 0.162 e. The number of aromatic hydroxyl groups is 1. The smallest absolute Gasteiger partial charge is 0.162 e. The maximum absolute atomic E-state index is 10.9. The summed E-state index contributed by atoms with van der Waals surface area (Å²) in [4.78, 5) is 5.03. The molecular weight excluding hydrogens is 416 g/mol. The molecule has 1 aliphatic rings. The van der Waals surface area contributed by atoms with Crippen LogP contribution in [0.15, 0.2) is 71.7 Å². The highest BCUT2D eigenvalue weighted by Crippen LogP contribution is 2.39. The number of para-hydroxylation sites is 1. The number of nitrogens with zero attached hydrogens (tertiary/aromatic N) is 1. The van der Waals surface area contributed by atoms with Gasteiger partial charge in [0.15, 0.2) is 11.5 Å². The quantitative estimate of drug-likeness (QED) is 0.483. The predicted molar refractivity (Wildman–Crippen MR) is 130 cm³/mol. The summed E-state index contributed by atoms with van der Waals surface area (Å²) in [5.74, 6) is 2.25. The summed E-state index contributed by atoms with van der Waals surface area (Å²) in [6, 6.07) is 21.3. The maximum atomic E-state index is 10.9. The SMILES string of the molecule is CCOc1ccc(C2=N[C@H](c3cccc(OC)c3)N[C@@H](c3cccc(OCC)c3O)C2)cc1.